The van der Waals surface area contributed by atoms with Gasteiger partial charge in [0.25, 0.3) is 0 Å². The van der Waals surface area contributed by atoms with Gasteiger partial charge in [0.1, 0.15) is 11.3 Å². The van der Waals surface area contributed by atoms with Crippen molar-refractivity contribution in [3.05, 3.63) is 39.4 Å². The van der Waals surface area contributed by atoms with Crippen LogP contribution >= 0.6 is 11.3 Å². The molecule has 0 aliphatic rings. The number of aromatic carboxylic acids is 1. The van der Waals surface area contributed by atoms with Crippen molar-refractivity contribution in [3.63, 3.8) is 0 Å². The number of hydrogen-bond donors (Lipinski definition) is 1. The van der Waals surface area contributed by atoms with Crippen molar-refractivity contribution in [3.8, 4) is 5.75 Å². The Kier molecular flexibility index (Phi) is 2.62. The maximum absolute atomic E-state index is 11.8. The molecule has 16 heavy (non-hydrogen) atoms. The van der Waals surface area contributed by atoms with Gasteiger partial charge >= 0.3 is 5.97 Å². The summed E-state index contributed by atoms with van der Waals surface area (Å²) >= 11 is 1.23. The Labute approximate surface area is 94.7 Å². The highest BCUT2D eigenvalue weighted by molar-refractivity contribution is 7.16. The Hall–Kier alpha value is -1.88. The molecule has 0 aliphatic carbocycles. The van der Waals surface area contributed by atoms with Crippen LogP contribution in [-0.2, 0) is 0 Å². The summed E-state index contributed by atoms with van der Waals surface area (Å²) in [6.45, 7) is 0. The van der Waals surface area contributed by atoms with Gasteiger partial charge in [0.15, 0.2) is 0 Å². The van der Waals surface area contributed by atoms with E-state index in [1.807, 2.05) is 0 Å². The molecule has 1 heterocycles. The maximum atomic E-state index is 11.8. The van der Waals surface area contributed by atoms with Crippen LogP contribution in [-0.4, -0.2) is 18.2 Å². The zero-order valence-electron chi connectivity index (χ0n) is 8.39. The van der Waals surface area contributed by atoms with E-state index in [9.17, 15) is 9.59 Å². The Bertz CT molecular complexity index is 615. The molecule has 82 valence electrons. The molecule has 0 saturated heterocycles. The SMILES string of the molecule is COc1ccc2scc(C(=O)O)c(=O)c2c1. The van der Waals surface area contributed by atoms with Crippen LogP contribution in [0.5, 0.6) is 5.75 Å². The number of rotatable bonds is 2. The van der Waals surface area contributed by atoms with Crippen molar-refractivity contribution in [2.75, 3.05) is 7.11 Å². The van der Waals surface area contributed by atoms with Crippen molar-refractivity contribution in [2.45, 2.75) is 0 Å². The molecule has 4 nitrogen and oxygen atoms in total. The van der Waals surface area contributed by atoms with Crippen molar-refractivity contribution in [1.82, 2.24) is 0 Å². The van der Waals surface area contributed by atoms with Gasteiger partial charge in [0.2, 0.25) is 5.43 Å². The first-order chi connectivity index (χ1) is 7.63. The largest absolute Gasteiger partial charge is 0.497 e. The fourth-order valence-electron chi connectivity index (χ4n) is 1.38. The predicted octanol–water partition coefficient (Wildman–Crippen LogP) is 1.97. The van der Waals surface area contributed by atoms with Crippen LogP contribution in [0.15, 0.2) is 28.4 Å². The van der Waals surface area contributed by atoms with Gasteiger partial charge in [0, 0.05) is 15.5 Å². The molecule has 1 aromatic carbocycles. The number of benzene rings is 1. The zero-order chi connectivity index (χ0) is 11.7. The fourth-order valence-corrected chi connectivity index (χ4v) is 2.26. The molecule has 0 fully saturated rings. The van der Waals surface area contributed by atoms with E-state index in [4.69, 9.17) is 9.84 Å². The molecule has 0 amide bonds. The summed E-state index contributed by atoms with van der Waals surface area (Å²) in [6, 6.07) is 5.03. The molecule has 0 unspecified atom stereocenters. The minimum atomic E-state index is -1.20. The third-order valence-electron chi connectivity index (χ3n) is 2.21. The van der Waals surface area contributed by atoms with Crippen LogP contribution in [0.1, 0.15) is 10.4 Å². The van der Waals surface area contributed by atoms with E-state index in [1.165, 1.54) is 23.8 Å². The monoisotopic (exact) mass is 236 g/mol. The summed E-state index contributed by atoms with van der Waals surface area (Å²) in [5.41, 5.74) is -0.675. The fraction of sp³-hybridized carbons (Fsp3) is 0.0909. The van der Waals surface area contributed by atoms with Gasteiger partial charge in [-0.2, -0.15) is 0 Å². The quantitative estimate of drug-likeness (QED) is 0.865. The number of carboxylic acid groups (broad SMARTS) is 1. The maximum Gasteiger partial charge on any atom is 0.340 e. The average Bonchev–Trinajstić information content (AvgIpc) is 2.28. The Morgan fingerprint density at radius 2 is 2.19 bits per heavy atom. The van der Waals surface area contributed by atoms with E-state index < -0.39 is 11.4 Å². The van der Waals surface area contributed by atoms with Gasteiger partial charge in [-0.15, -0.1) is 11.3 Å². The van der Waals surface area contributed by atoms with Gasteiger partial charge in [0.05, 0.1) is 7.11 Å². The molecular weight excluding hydrogens is 228 g/mol. The topological polar surface area (TPSA) is 63.6 Å². The lowest BCUT2D eigenvalue weighted by molar-refractivity contribution is 0.0696. The van der Waals surface area contributed by atoms with E-state index >= 15 is 0 Å². The second-order valence-electron chi connectivity index (χ2n) is 3.15. The first-order valence-electron chi connectivity index (χ1n) is 4.46. The van der Waals surface area contributed by atoms with Gasteiger partial charge in [-0.05, 0) is 18.2 Å². The van der Waals surface area contributed by atoms with Crippen molar-refractivity contribution in [2.24, 2.45) is 0 Å². The number of fused-ring (bicyclic) bond motifs is 1. The molecule has 2 aromatic rings. The standard InChI is InChI=1S/C11H8O4S/c1-15-6-2-3-9-7(4-6)10(12)8(5-16-9)11(13)14/h2-5H,1H3,(H,13,14). The molecule has 1 aromatic heterocycles. The molecular formula is C11H8O4S. The third-order valence-corrected chi connectivity index (χ3v) is 3.17. The Morgan fingerprint density at radius 1 is 1.44 bits per heavy atom. The van der Waals surface area contributed by atoms with E-state index in [2.05, 4.69) is 0 Å². The van der Waals surface area contributed by atoms with E-state index in [-0.39, 0.29) is 5.56 Å². The van der Waals surface area contributed by atoms with E-state index in [0.717, 1.165) is 4.70 Å². The summed E-state index contributed by atoms with van der Waals surface area (Å²) in [5.74, 6) is -0.662. The lowest BCUT2D eigenvalue weighted by Gasteiger charge is -2.01. The van der Waals surface area contributed by atoms with Gasteiger partial charge in [-0.25, -0.2) is 4.79 Å². The highest BCUT2D eigenvalue weighted by Gasteiger charge is 2.11. The van der Waals surface area contributed by atoms with E-state index in [1.54, 1.807) is 18.2 Å². The van der Waals surface area contributed by atoms with Gasteiger partial charge < -0.3 is 9.84 Å². The Balaban J connectivity index is 2.81. The zero-order valence-corrected chi connectivity index (χ0v) is 9.21. The van der Waals surface area contributed by atoms with Gasteiger partial charge in [-0.3, -0.25) is 4.79 Å². The second kappa shape index (κ2) is 3.94. The number of methoxy groups -OCH3 is 1. The number of carboxylic acids is 1. The van der Waals surface area contributed by atoms with Crippen molar-refractivity contribution in [1.29, 1.82) is 0 Å². The highest BCUT2D eigenvalue weighted by Crippen LogP contribution is 2.21. The van der Waals surface area contributed by atoms with Crippen LogP contribution in [0.3, 0.4) is 0 Å². The smallest absolute Gasteiger partial charge is 0.340 e. The lowest BCUT2D eigenvalue weighted by Crippen LogP contribution is -2.13. The summed E-state index contributed by atoms with van der Waals surface area (Å²) in [6.07, 6.45) is 0. The molecule has 0 saturated carbocycles. The highest BCUT2D eigenvalue weighted by atomic mass is 32.1. The van der Waals surface area contributed by atoms with Crippen molar-refractivity contribution >= 4 is 27.4 Å². The third kappa shape index (κ3) is 1.65. The number of hydrogen-bond acceptors (Lipinski definition) is 4. The molecule has 0 radical (unpaired) electrons. The number of carbonyl (C=O) groups is 1. The average molecular weight is 236 g/mol. The summed E-state index contributed by atoms with van der Waals surface area (Å²) in [5, 5.41) is 10.6. The first-order valence-corrected chi connectivity index (χ1v) is 5.34. The van der Waals surface area contributed by atoms with Gasteiger partial charge in [-0.1, -0.05) is 0 Å². The van der Waals surface area contributed by atoms with Crippen molar-refractivity contribution < 1.29 is 14.6 Å². The minimum Gasteiger partial charge on any atom is -0.497 e. The molecule has 0 aliphatic heterocycles. The lowest BCUT2D eigenvalue weighted by atomic mass is 10.2. The molecule has 2 rings (SSSR count). The van der Waals surface area contributed by atoms with Crippen LogP contribution in [0.4, 0.5) is 0 Å². The van der Waals surface area contributed by atoms with Crippen LogP contribution in [0, 0.1) is 0 Å². The molecule has 0 bridgehead atoms. The first kappa shape index (κ1) is 10.6. The Morgan fingerprint density at radius 3 is 2.81 bits per heavy atom. The normalized spacial score (nSPS) is 10.3. The minimum absolute atomic E-state index is 0.203. The van der Waals surface area contributed by atoms with Crippen LogP contribution in [0.2, 0.25) is 0 Å². The summed E-state index contributed by atoms with van der Waals surface area (Å²) in [4.78, 5) is 22.6. The summed E-state index contributed by atoms with van der Waals surface area (Å²) < 4.78 is 5.74. The van der Waals surface area contributed by atoms with Crippen LogP contribution < -0.4 is 10.2 Å². The second-order valence-corrected chi connectivity index (χ2v) is 4.06. The van der Waals surface area contributed by atoms with Crippen LogP contribution in [0.25, 0.3) is 10.1 Å². The predicted molar refractivity (Wildman–Crippen MR) is 61.6 cm³/mol. The molecule has 0 spiro atoms. The van der Waals surface area contributed by atoms with E-state index in [0.29, 0.717) is 11.1 Å². The molecule has 1 N–H and O–H groups in total. The molecule has 0 atom stereocenters. The number of ether oxygens (including phenoxy) is 1. The summed E-state index contributed by atoms with van der Waals surface area (Å²) in [7, 11) is 1.50. The molecule has 5 heteroatoms.